The first-order valence-electron chi connectivity index (χ1n) is 5.24. The van der Waals surface area contributed by atoms with Gasteiger partial charge < -0.3 is 9.64 Å². The Morgan fingerprint density at radius 1 is 1.54 bits per heavy atom. The molecule has 1 N–H and O–H groups in total. The standard InChI is InChI=1S/C10H18N2O/c1-8(9-4-3-7-13-9)12-6-2-5-10(12)11/h8-9,11H,2-7H2,1H3. The minimum Gasteiger partial charge on any atom is -0.376 e. The lowest BCUT2D eigenvalue weighted by atomic mass is 10.1. The molecule has 3 nitrogen and oxygen atoms in total. The van der Waals surface area contributed by atoms with Crippen LogP contribution in [-0.4, -0.2) is 36.0 Å². The van der Waals surface area contributed by atoms with E-state index < -0.39 is 0 Å². The van der Waals surface area contributed by atoms with Crippen LogP contribution >= 0.6 is 0 Å². The topological polar surface area (TPSA) is 36.3 Å². The van der Waals surface area contributed by atoms with Crippen LogP contribution in [0.2, 0.25) is 0 Å². The Bertz CT molecular complexity index is 199. The first-order valence-corrected chi connectivity index (χ1v) is 5.24. The Morgan fingerprint density at radius 3 is 2.92 bits per heavy atom. The summed E-state index contributed by atoms with van der Waals surface area (Å²) in [4.78, 5) is 2.20. The summed E-state index contributed by atoms with van der Waals surface area (Å²) in [6, 6.07) is 0.414. The van der Waals surface area contributed by atoms with Crippen LogP contribution in [0.4, 0.5) is 0 Å². The van der Waals surface area contributed by atoms with E-state index in [1.54, 1.807) is 0 Å². The highest BCUT2D eigenvalue weighted by Gasteiger charge is 2.30. The molecule has 0 aromatic carbocycles. The number of amidine groups is 1. The number of nitrogens with zero attached hydrogens (tertiary/aromatic N) is 1. The van der Waals surface area contributed by atoms with Crippen LogP contribution < -0.4 is 0 Å². The van der Waals surface area contributed by atoms with E-state index in [1.165, 1.54) is 12.8 Å². The van der Waals surface area contributed by atoms with Crippen molar-refractivity contribution in [2.24, 2.45) is 0 Å². The van der Waals surface area contributed by atoms with Gasteiger partial charge in [0.1, 0.15) is 0 Å². The van der Waals surface area contributed by atoms with Crippen molar-refractivity contribution in [2.45, 2.75) is 44.8 Å². The Kier molecular flexibility index (Phi) is 2.54. The molecule has 0 saturated carbocycles. The summed E-state index contributed by atoms with van der Waals surface area (Å²) in [5.74, 6) is 0.808. The molecule has 2 rings (SSSR count). The molecule has 2 saturated heterocycles. The number of hydrogen-bond donors (Lipinski definition) is 1. The minimum absolute atomic E-state index is 0.374. The maximum atomic E-state index is 7.77. The van der Waals surface area contributed by atoms with E-state index in [1.807, 2.05) is 0 Å². The molecule has 2 heterocycles. The number of ether oxygens (including phenoxy) is 1. The Hall–Kier alpha value is -0.570. The van der Waals surface area contributed by atoms with Gasteiger partial charge in [-0.2, -0.15) is 0 Å². The maximum Gasteiger partial charge on any atom is 0.0961 e. The zero-order valence-electron chi connectivity index (χ0n) is 8.25. The van der Waals surface area contributed by atoms with Crippen LogP contribution in [0, 0.1) is 5.41 Å². The van der Waals surface area contributed by atoms with E-state index in [-0.39, 0.29) is 0 Å². The van der Waals surface area contributed by atoms with Gasteiger partial charge in [0.05, 0.1) is 18.0 Å². The summed E-state index contributed by atoms with van der Waals surface area (Å²) in [6.07, 6.45) is 4.84. The monoisotopic (exact) mass is 182 g/mol. The average molecular weight is 182 g/mol. The average Bonchev–Trinajstić information content (AvgIpc) is 2.72. The highest BCUT2D eigenvalue weighted by Crippen LogP contribution is 2.23. The Balaban J connectivity index is 1.94. The van der Waals surface area contributed by atoms with Crippen molar-refractivity contribution in [3.63, 3.8) is 0 Å². The fourth-order valence-corrected chi connectivity index (χ4v) is 2.33. The molecule has 0 amide bonds. The zero-order chi connectivity index (χ0) is 9.26. The molecule has 0 bridgehead atoms. The van der Waals surface area contributed by atoms with Gasteiger partial charge in [0, 0.05) is 19.6 Å². The van der Waals surface area contributed by atoms with Gasteiger partial charge in [-0.3, -0.25) is 5.41 Å². The third-order valence-electron chi connectivity index (χ3n) is 3.15. The van der Waals surface area contributed by atoms with Crippen molar-refractivity contribution >= 4 is 5.84 Å². The minimum atomic E-state index is 0.374. The fourth-order valence-electron chi connectivity index (χ4n) is 2.33. The van der Waals surface area contributed by atoms with Gasteiger partial charge in [0.2, 0.25) is 0 Å². The number of likely N-dealkylation sites (tertiary alicyclic amines) is 1. The molecule has 0 spiro atoms. The smallest absolute Gasteiger partial charge is 0.0961 e. The van der Waals surface area contributed by atoms with Gasteiger partial charge in [0.25, 0.3) is 0 Å². The summed E-state index contributed by atoms with van der Waals surface area (Å²) < 4.78 is 5.64. The van der Waals surface area contributed by atoms with E-state index in [4.69, 9.17) is 10.1 Å². The molecule has 0 aromatic rings. The molecule has 3 heteroatoms. The van der Waals surface area contributed by atoms with Crippen LogP contribution in [0.3, 0.4) is 0 Å². The lowest BCUT2D eigenvalue weighted by Crippen LogP contribution is -2.41. The molecular weight excluding hydrogens is 164 g/mol. The summed E-state index contributed by atoms with van der Waals surface area (Å²) in [5, 5.41) is 7.77. The Labute approximate surface area is 79.6 Å². The molecule has 0 radical (unpaired) electrons. The first-order chi connectivity index (χ1) is 6.29. The first kappa shape index (κ1) is 9.00. The van der Waals surface area contributed by atoms with Crippen molar-refractivity contribution in [1.29, 1.82) is 5.41 Å². The van der Waals surface area contributed by atoms with Gasteiger partial charge in [0.15, 0.2) is 0 Å². The van der Waals surface area contributed by atoms with Crippen molar-refractivity contribution in [3.05, 3.63) is 0 Å². The second-order valence-corrected chi connectivity index (χ2v) is 4.04. The molecule has 2 unspecified atom stereocenters. The van der Waals surface area contributed by atoms with Gasteiger partial charge >= 0.3 is 0 Å². The lowest BCUT2D eigenvalue weighted by molar-refractivity contribution is 0.0582. The van der Waals surface area contributed by atoms with E-state index in [0.717, 1.165) is 31.8 Å². The van der Waals surface area contributed by atoms with Crippen molar-refractivity contribution < 1.29 is 4.74 Å². The van der Waals surface area contributed by atoms with E-state index in [9.17, 15) is 0 Å². The summed E-state index contributed by atoms with van der Waals surface area (Å²) >= 11 is 0. The molecule has 2 fully saturated rings. The van der Waals surface area contributed by atoms with Crippen molar-refractivity contribution in [3.8, 4) is 0 Å². The van der Waals surface area contributed by atoms with Crippen molar-refractivity contribution in [1.82, 2.24) is 4.90 Å². The maximum absolute atomic E-state index is 7.77. The predicted octanol–water partition coefficient (Wildman–Crippen LogP) is 1.63. The molecule has 13 heavy (non-hydrogen) atoms. The highest BCUT2D eigenvalue weighted by molar-refractivity contribution is 5.81. The zero-order valence-corrected chi connectivity index (χ0v) is 8.25. The molecule has 74 valence electrons. The third kappa shape index (κ3) is 1.70. The van der Waals surface area contributed by atoms with Crippen LogP contribution in [0.5, 0.6) is 0 Å². The van der Waals surface area contributed by atoms with Gasteiger partial charge in [-0.1, -0.05) is 0 Å². The summed E-state index contributed by atoms with van der Waals surface area (Å²) in [5.41, 5.74) is 0. The van der Waals surface area contributed by atoms with Crippen LogP contribution in [0.15, 0.2) is 0 Å². The molecule has 2 atom stereocenters. The molecule has 2 aliphatic heterocycles. The summed E-state index contributed by atoms with van der Waals surface area (Å²) in [6.45, 7) is 4.16. The van der Waals surface area contributed by atoms with Gasteiger partial charge in [-0.15, -0.1) is 0 Å². The molecular formula is C10H18N2O. The second kappa shape index (κ2) is 3.66. The third-order valence-corrected chi connectivity index (χ3v) is 3.15. The normalized spacial score (nSPS) is 31.3. The largest absolute Gasteiger partial charge is 0.376 e. The second-order valence-electron chi connectivity index (χ2n) is 4.04. The van der Waals surface area contributed by atoms with Gasteiger partial charge in [-0.25, -0.2) is 0 Å². The number of rotatable bonds is 2. The van der Waals surface area contributed by atoms with Crippen LogP contribution in [0.1, 0.15) is 32.6 Å². The predicted molar refractivity (Wildman–Crippen MR) is 52.1 cm³/mol. The fraction of sp³-hybridized carbons (Fsp3) is 0.900. The SMILES string of the molecule is CC(C1CCCO1)N1CCCC1=N. The quantitative estimate of drug-likeness (QED) is 0.704. The van der Waals surface area contributed by atoms with Crippen molar-refractivity contribution in [2.75, 3.05) is 13.2 Å². The van der Waals surface area contributed by atoms with Crippen LogP contribution in [0.25, 0.3) is 0 Å². The van der Waals surface area contributed by atoms with Gasteiger partial charge in [-0.05, 0) is 26.2 Å². The number of hydrogen-bond acceptors (Lipinski definition) is 2. The molecule has 2 aliphatic rings. The van der Waals surface area contributed by atoms with E-state index >= 15 is 0 Å². The Morgan fingerprint density at radius 2 is 2.38 bits per heavy atom. The summed E-state index contributed by atoms with van der Waals surface area (Å²) in [7, 11) is 0. The molecule has 0 aromatic heterocycles. The van der Waals surface area contributed by atoms with E-state index in [2.05, 4.69) is 11.8 Å². The highest BCUT2D eigenvalue weighted by atomic mass is 16.5. The lowest BCUT2D eigenvalue weighted by Gasteiger charge is -2.30. The molecule has 0 aliphatic carbocycles. The number of nitrogens with one attached hydrogen (secondary N) is 1. The van der Waals surface area contributed by atoms with E-state index in [0.29, 0.717) is 12.1 Å². The van der Waals surface area contributed by atoms with Crippen LogP contribution in [-0.2, 0) is 4.74 Å².